The van der Waals surface area contributed by atoms with E-state index in [1.165, 1.54) is 19.1 Å². The normalized spacial score (nSPS) is 21.9. The first-order valence-electron chi connectivity index (χ1n) is 14.8. The van der Waals surface area contributed by atoms with E-state index < -0.39 is 30.9 Å². The number of hydrogen-bond acceptors (Lipinski definition) is 12. The first kappa shape index (κ1) is 32.2. The molecular formula is C31H38F2N8O4. The van der Waals surface area contributed by atoms with Crippen molar-refractivity contribution in [3.05, 3.63) is 48.2 Å². The molecule has 0 saturated carbocycles. The summed E-state index contributed by atoms with van der Waals surface area (Å²) in [6.07, 6.45) is -2.61. The third-order valence-electron chi connectivity index (χ3n) is 8.26. The van der Waals surface area contributed by atoms with Crippen molar-refractivity contribution in [1.82, 2.24) is 24.8 Å². The molecule has 2 aliphatic rings. The van der Waals surface area contributed by atoms with Crippen LogP contribution < -0.4 is 19.7 Å². The quantitative estimate of drug-likeness (QED) is 0.322. The number of aliphatic hydroxyl groups excluding tert-OH is 2. The molecule has 4 atom stereocenters. The molecule has 2 aliphatic heterocycles. The molecule has 45 heavy (non-hydrogen) atoms. The van der Waals surface area contributed by atoms with Crippen LogP contribution >= 0.6 is 0 Å². The number of benzene rings is 1. The zero-order valence-electron chi connectivity index (χ0n) is 25.7. The largest absolute Gasteiger partial charge is 0.483 e. The summed E-state index contributed by atoms with van der Waals surface area (Å²) in [5.41, 5.74) is 2.04. The lowest BCUT2D eigenvalue weighted by atomic mass is 10.0. The Hall–Kier alpha value is -4.16. The van der Waals surface area contributed by atoms with E-state index in [-0.39, 0.29) is 30.2 Å². The Kier molecular flexibility index (Phi) is 9.64. The van der Waals surface area contributed by atoms with Gasteiger partial charge in [-0.25, -0.2) is 18.7 Å². The summed E-state index contributed by atoms with van der Waals surface area (Å²) in [6.45, 7) is 5.50. The summed E-state index contributed by atoms with van der Waals surface area (Å²) in [7, 11) is 3.70. The zero-order chi connectivity index (χ0) is 32.3. The molecule has 2 aromatic heterocycles. The Bertz CT molecular complexity index is 1540. The SMILES string of the molecule is COc1nc(Nc2nccc(-c3ccc(OC4CCN(C(O)[C@H](C)O)CC4(F)F)c(C#N)c3)n2)ccc1N1CCN(C)[C@H](C)C1. The number of rotatable bonds is 9. The number of hydrogen-bond donors (Lipinski definition) is 3. The van der Waals surface area contributed by atoms with Gasteiger partial charge >= 0.3 is 0 Å². The van der Waals surface area contributed by atoms with Crippen LogP contribution in [0.5, 0.6) is 11.6 Å². The van der Waals surface area contributed by atoms with Crippen LogP contribution in [-0.2, 0) is 0 Å². The number of anilines is 3. The average Bonchev–Trinajstić information content (AvgIpc) is 3.03. The van der Waals surface area contributed by atoms with E-state index in [1.54, 1.807) is 25.4 Å². The number of nitriles is 1. The van der Waals surface area contributed by atoms with Gasteiger partial charge in [-0.15, -0.1) is 0 Å². The lowest BCUT2D eigenvalue weighted by Gasteiger charge is -2.40. The third kappa shape index (κ3) is 7.23. The number of likely N-dealkylation sites (N-methyl/N-ethyl adjacent to an activating group) is 1. The lowest BCUT2D eigenvalue weighted by Crippen LogP contribution is -2.58. The van der Waals surface area contributed by atoms with Gasteiger partial charge in [0, 0.05) is 50.4 Å². The number of pyridine rings is 1. The van der Waals surface area contributed by atoms with Crippen molar-refractivity contribution >= 4 is 17.5 Å². The number of nitrogens with one attached hydrogen (secondary N) is 1. The molecule has 2 saturated heterocycles. The molecule has 2 fully saturated rings. The molecule has 0 amide bonds. The van der Waals surface area contributed by atoms with E-state index in [0.29, 0.717) is 29.0 Å². The third-order valence-corrected chi connectivity index (χ3v) is 8.26. The number of piperazine rings is 1. The number of likely N-dealkylation sites (tertiary alicyclic amines) is 1. The summed E-state index contributed by atoms with van der Waals surface area (Å²) in [5, 5.41) is 32.5. The molecule has 4 heterocycles. The molecule has 14 heteroatoms. The summed E-state index contributed by atoms with van der Waals surface area (Å²) in [5.74, 6) is -2.05. The van der Waals surface area contributed by atoms with Crippen LogP contribution in [0, 0.1) is 11.3 Å². The van der Waals surface area contributed by atoms with E-state index in [1.807, 2.05) is 18.2 Å². The highest BCUT2D eigenvalue weighted by Crippen LogP contribution is 2.35. The fourth-order valence-electron chi connectivity index (χ4n) is 5.51. The molecule has 0 spiro atoms. The standard InChI is InChI=1S/C31H38F2N8O4/c1-19-17-40(14-13-39(19)3)24-6-8-27(37-28(24)44-4)38-30-35-11-9-23(36-30)21-5-7-25(22(15-21)16-34)45-26-10-12-41(18-31(26,32)33)29(43)20(2)42/h5-9,11,15,19-20,26,29,42-43H,10,12-14,17-18H2,1-4H3,(H,35,36,37,38)/t19-,20+,26?,29?/m1/s1. The molecule has 0 radical (unpaired) electrons. The second kappa shape index (κ2) is 13.5. The van der Waals surface area contributed by atoms with Gasteiger partial charge in [-0.2, -0.15) is 10.2 Å². The maximum Gasteiger partial charge on any atom is 0.296 e. The van der Waals surface area contributed by atoms with Gasteiger partial charge in [-0.3, -0.25) is 4.90 Å². The second-order valence-corrected chi connectivity index (χ2v) is 11.5. The first-order chi connectivity index (χ1) is 21.5. The van der Waals surface area contributed by atoms with Gasteiger partial charge < -0.3 is 34.8 Å². The van der Waals surface area contributed by atoms with Crippen molar-refractivity contribution < 1.29 is 28.5 Å². The summed E-state index contributed by atoms with van der Waals surface area (Å²) < 4.78 is 41.1. The van der Waals surface area contributed by atoms with Crippen LogP contribution in [0.2, 0.25) is 0 Å². The number of nitrogens with zero attached hydrogens (tertiary/aromatic N) is 7. The Labute approximate surface area is 260 Å². The van der Waals surface area contributed by atoms with Gasteiger partial charge in [0.1, 0.15) is 29.6 Å². The fourth-order valence-corrected chi connectivity index (χ4v) is 5.51. The molecule has 3 aromatic rings. The van der Waals surface area contributed by atoms with Crippen molar-refractivity contribution in [1.29, 1.82) is 5.26 Å². The second-order valence-electron chi connectivity index (χ2n) is 11.5. The minimum atomic E-state index is -3.31. The summed E-state index contributed by atoms with van der Waals surface area (Å²) in [4.78, 5) is 19.2. The van der Waals surface area contributed by atoms with E-state index in [0.717, 1.165) is 30.2 Å². The van der Waals surface area contributed by atoms with Crippen molar-refractivity contribution in [3.63, 3.8) is 0 Å². The molecule has 2 unspecified atom stereocenters. The highest BCUT2D eigenvalue weighted by Gasteiger charge is 2.48. The Balaban J connectivity index is 1.29. The predicted molar refractivity (Wildman–Crippen MR) is 164 cm³/mol. The minimum absolute atomic E-state index is 0.0222. The summed E-state index contributed by atoms with van der Waals surface area (Å²) in [6, 6.07) is 12.5. The van der Waals surface area contributed by atoms with E-state index in [9.17, 15) is 24.3 Å². The maximum absolute atomic E-state index is 14.9. The zero-order valence-corrected chi connectivity index (χ0v) is 25.7. The minimum Gasteiger partial charge on any atom is -0.483 e. The number of piperidine rings is 1. The molecule has 5 rings (SSSR count). The Morgan fingerprint density at radius 3 is 2.62 bits per heavy atom. The Morgan fingerprint density at radius 2 is 1.93 bits per heavy atom. The maximum atomic E-state index is 14.9. The van der Waals surface area contributed by atoms with Gasteiger partial charge in [-0.1, -0.05) is 0 Å². The molecular weight excluding hydrogens is 586 g/mol. The van der Waals surface area contributed by atoms with Crippen LogP contribution in [0.25, 0.3) is 11.3 Å². The van der Waals surface area contributed by atoms with Crippen LogP contribution in [0.1, 0.15) is 25.8 Å². The van der Waals surface area contributed by atoms with Gasteiger partial charge in [0.15, 0.2) is 6.10 Å². The highest BCUT2D eigenvalue weighted by atomic mass is 19.3. The monoisotopic (exact) mass is 624 g/mol. The smallest absolute Gasteiger partial charge is 0.296 e. The van der Waals surface area contributed by atoms with Crippen LogP contribution in [0.3, 0.4) is 0 Å². The number of methoxy groups -OCH3 is 1. The van der Waals surface area contributed by atoms with E-state index >= 15 is 0 Å². The summed E-state index contributed by atoms with van der Waals surface area (Å²) >= 11 is 0. The van der Waals surface area contributed by atoms with E-state index in [2.05, 4.69) is 44.0 Å². The molecule has 3 N–H and O–H groups in total. The van der Waals surface area contributed by atoms with Crippen molar-refractivity contribution in [2.45, 2.75) is 50.7 Å². The molecule has 1 aromatic carbocycles. The lowest BCUT2D eigenvalue weighted by molar-refractivity contribution is -0.181. The van der Waals surface area contributed by atoms with Gasteiger partial charge in [0.2, 0.25) is 11.8 Å². The van der Waals surface area contributed by atoms with Crippen molar-refractivity contribution in [3.8, 4) is 29.0 Å². The van der Waals surface area contributed by atoms with Gasteiger partial charge in [0.25, 0.3) is 5.92 Å². The fraction of sp³-hybridized carbons (Fsp3) is 0.484. The Morgan fingerprint density at radius 1 is 1.13 bits per heavy atom. The number of alkyl halides is 2. The molecule has 240 valence electrons. The number of halogens is 2. The average molecular weight is 625 g/mol. The first-order valence-corrected chi connectivity index (χ1v) is 14.8. The van der Waals surface area contributed by atoms with Crippen LogP contribution in [0.4, 0.5) is 26.2 Å². The molecule has 12 nitrogen and oxygen atoms in total. The number of ether oxygens (including phenoxy) is 2. The highest BCUT2D eigenvalue weighted by molar-refractivity contribution is 5.66. The van der Waals surface area contributed by atoms with E-state index in [4.69, 9.17) is 9.47 Å². The molecule has 0 bridgehead atoms. The number of aliphatic hydroxyl groups is 2. The van der Waals surface area contributed by atoms with Crippen molar-refractivity contribution in [2.75, 3.05) is 57.1 Å². The van der Waals surface area contributed by atoms with Gasteiger partial charge in [-0.05, 0) is 57.3 Å². The number of aromatic nitrogens is 3. The van der Waals surface area contributed by atoms with Crippen molar-refractivity contribution in [2.24, 2.45) is 0 Å². The molecule has 0 aliphatic carbocycles. The topological polar surface area (TPSA) is 143 Å². The van der Waals surface area contributed by atoms with Crippen LogP contribution in [-0.4, -0.2) is 112 Å². The van der Waals surface area contributed by atoms with Gasteiger partial charge in [0.05, 0.1) is 31.0 Å². The van der Waals surface area contributed by atoms with Crippen LogP contribution in [0.15, 0.2) is 42.6 Å². The predicted octanol–water partition coefficient (Wildman–Crippen LogP) is 3.09.